The van der Waals surface area contributed by atoms with Crippen LogP contribution in [0, 0.1) is 5.92 Å². The monoisotopic (exact) mass is 434 g/mol. The van der Waals surface area contributed by atoms with Crippen LogP contribution in [-0.4, -0.2) is 48.5 Å². The molecule has 2 heterocycles. The number of nitrogens with zero attached hydrogens (tertiary/aromatic N) is 3. The summed E-state index contributed by atoms with van der Waals surface area (Å²) >= 11 is 6.22. The zero-order valence-corrected chi connectivity index (χ0v) is 18.0. The highest BCUT2D eigenvalue weighted by Gasteiger charge is 2.31. The van der Waals surface area contributed by atoms with Crippen LogP contribution in [0.4, 0.5) is 21.7 Å². The van der Waals surface area contributed by atoms with E-state index in [1.165, 1.54) is 11.9 Å². The van der Waals surface area contributed by atoms with Gasteiger partial charge in [-0.05, 0) is 62.8 Å². The number of hydrogen-bond acceptors (Lipinski definition) is 6. The highest BCUT2D eigenvalue weighted by molar-refractivity contribution is 6.31. The highest BCUT2D eigenvalue weighted by atomic mass is 35.5. The van der Waals surface area contributed by atoms with Gasteiger partial charge in [0, 0.05) is 24.5 Å². The van der Waals surface area contributed by atoms with Gasteiger partial charge in [0.15, 0.2) is 0 Å². The molecule has 0 radical (unpaired) electrons. The van der Waals surface area contributed by atoms with E-state index in [2.05, 4.69) is 32.3 Å². The topological polar surface area (TPSA) is 59.5 Å². The first-order valence-electron chi connectivity index (χ1n) is 10.5. The van der Waals surface area contributed by atoms with Crippen LogP contribution in [0.1, 0.15) is 32.6 Å². The lowest BCUT2D eigenvalue weighted by atomic mass is 9.81. The highest BCUT2D eigenvalue weighted by Crippen LogP contribution is 2.35. The van der Waals surface area contributed by atoms with Crippen LogP contribution in [0.25, 0.3) is 0 Å². The third-order valence-corrected chi connectivity index (χ3v) is 6.07. The molecule has 0 atom stereocenters. The number of ether oxygens (including phenoxy) is 2. The van der Waals surface area contributed by atoms with E-state index in [4.69, 9.17) is 21.1 Å². The Hall–Kier alpha value is -2.12. The second kappa shape index (κ2) is 9.35. The van der Waals surface area contributed by atoms with Crippen LogP contribution in [0.5, 0.6) is 5.88 Å². The molecule has 1 aliphatic carbocycles. The first kappa shape index (κ1) is 21.1. The summed E-state index contributed by atoms with van der Waals surface area (Å²) in [6, 6.07) is 8.14. The van der Waals surface area contributed by atoms with E-state index < -0.39 is 5.67 Å². The van der Waals surface area contributed by atoms with Crippen LogP contribution < -0.4 is 15.0 Å². The number of halogens is 2. The van der Waals surface area contributed by atoms with Crippen molar-refractivity contribution in [2.24, 2.45) is 5.92 Å². The maximum Gasteiger partial charge on any atom is 0.237 e. The zero-order valence-electron chi connectivity index (χ0n) is 17.2. The van der Waals surface area contributed by atoms with E-state index in [0.717, 1.165) is 44.8 Å². The molecule has 0 bridgehead atoms. The SMILES string of the molecule is CC1(F)CCC(COc2nc(Nc3ccc(N4CCOCC4)cc3)ncc2Cl)CC1. The number of hydrogen-bond donors (Lipinski definition) is 1. The van der Waals surface area contributed by atoms with Crippen LogP contribution in [-0.2, 0) is 4.74 Å². The number of alkyl halides is 1. The molecule has 4 rings (SSSR count). The van der Waals surface area contributed by atoms with Crippen LogP contribution in [0.3, 0.4) is 0 Å². The van der Waals surface area contributed by atoms with Crippen molar-refractivity contribution in [1.29, 1.82) is 0 Å². The number of rotatable bonds is 6. The fourth-order valence-corrected chi connectivity index (χ4v) is 4.01. The van der Waals surface area contributed by atoms with Gasteiger partial charge in [0.05, 0.1) is 26.0 Å². The molecule has 162 valence electrons. The average Bonchev–Trinajstić information content (AvgIpc) is 2.76. The Bertz CT molecular complexity index is 834. The fraction of sp³-hybridized carbons (Fsp3) is 0.545. The largest absolute Gasteiger partial charge is 0.476 e. The molecule has 1 saturated heterocycles. The van der Waals surface area contributed by atoms with Crippen molar-refractivity contribution >= 4 is 28.9 Å². The molecule has 2 fully saturated rings. The van der Waals surface area contributed by atoms with Crippen molar-refractivity contribution in [3.05, 3.63) is 35.5 Å². The zero-order chi connectivity index (χ0) is 21.0. The number of nitrogens with one attached hydrogen (secondary N) is 1. The van der Waals surface area contributed by atoms with Crippen molar-refractivity contribution < 1.29 is 13.9 Å². The van der Waals surface area contributed by atoms with Crippen molar-refractivity contribution in [2.75, 3.05) is 43.1 Å². The van der Waals surface area contributed by atoms with Crippen molar-refractivity contribution in [2.45, 2.75) is 38.3 Å². The predicted molar refractivity (Wildman–Crippen MR) is 117 cm³/mol. The second-order valence-corrected chi connectivity index (χ2v) is 8.69. The molecule has 0 unspecified atom stereocenters. The molecule has 1 aliphatic heterocycles. The quantitative estimate of drug-likeness (QED) is 0.689. The second-order valence-electron chi connectivity index (χ2n) is 8.29. The lowest BCUT2D eigenvalue weighted by molar-refractivity contribution is 0.0838. The molecule has 30 heavy (non-hydrogen) atoms. The van der Waals surface area contributed by atoms with Crippen LogP contribution in [0.15, 0.2) is 30.5 Å². The van der Waals surface area contributed by atoms with Crippen LogP contribution in [0.2, 0.25) is 5.02 Å². The molecule has 0 spiro atoms. The molecule has 8 heteroatoms. The van der Waals surface area contributed by atoms with Gasteiger partial charge < -0.3 is 19.7 Å². The normalized spacial score (nSPS) is 24.5. The van der Waals surface area contributed by atoms with Gasteiger partial charge >= 0.3 is 0 Å². The Morgan fingerprint density at radius 2 is 1.93 bits per heavy atom. The number of anilines is 3. The molecule has 1 aromatic carbocycles. The minimum atomic E-state index is -1.04. The molecule has 1 saturated carbocycles. The summed E-state index contributed by atoms with van der Waals surface area (Å²) in [7, 11) is 0. The predicted octanol–water partition coefficient (Wildman–Crippen LogP) is 5.01. The Labute approximate surface area is 181 Å². The van der Waals surface area contributed by atoms with E-state index in [1.54, 1.807) is 6.92 Å². The lowest BCUT2D eigenvalue weighted by Gasteiger charge is -2.30. The molecular weight excluding hydrogens is 407 g/mol. The Kier molecular flexibility index (Phi) is 6.58. The van der Waals surface area contributed by atoms with Crippen molar-refractivity contribution in [1.82, 2.24) is 9.97 Å². The summed E-state index contributed by atoms with van der Waals surface area (Å²) in [5.74, 6) is 1.10. The molecule has 1 N–H and O–H groups in total. The van der Waals surface area contributed by atoms with Gasteiger partial charge in [0.25, 0.3) is 0 Å². The molecular formula is C22H28ClFN4O2. The average molecular weight is 435 g/mol. The summed E-state index contributed by atoms with van der Waals surface area (Å²) in [5, 5.41) is 3.57. The van der Waals surface area contributed by atoms with Gasteiger partial charge in [0.1, 0.15) is 10.7 Å². The minimum Gasteiger partial charge on any atom is -0.476 e. The summed E-state index contributed by atoms with van der Waals surface area (Å²) in [4.78, 5) is 11.0. The minimum absolute atomic E-state index is 0.323. The van der Waals surface area contributed by atoms with Crippen molar-refractivity contribution in [3.8, 4) is 5.88 Å². The van der Waals surface area contributed by atoms with E-state index in [-0.39, 0.29) is 0 Å². The van der Waals surface area contributed by atoms with Gasteiger partial charge in [-0.1, -0.05) is 11.6 Å². The molecule has 2 aliphatic rings. The first-order chi connectivity index (χ1) is 14.5. The Morgan fingerprint density at radius 1 is 1.23 bits per heavy atom. The first-order valence-corrected chi connectivity index (χ1v) is 10.9. The van der Waals surface area contributed by atoms with Crippen LogP contribution >= 0.6 is 11.6 Å². The van der Waals surface area contributed by atoms with Gasteiger partial charge in [-0.2, -0.15) is 4.98 Å². The van der Waals surface area contributed by atoms with E-state index in [9.17, 15) is 4.39 Å². The van der Waals surface area contributed by atoms with Gasteiger partial charge in [-0.15, -0.1) is 0 Å². The van der Waals surface area contributed by atoms with Gasteiger partial charge in [-0.25, -0.2) is 9.37 Å². The summed E-state index contributed by atoms with van der Waals surface area (Å²) in [6.07, 6.45) is 4.32. The maximum absolute atomic E-state index is 14.0. The standard InChI is InChI=1S/C22H28ClFN4O2/c1-22(24)8-6-16(7-9-22)15-30-20-19(23)14-25-21(27-20)26-17-2-4-18(5-3-17)28-10-12-29-13-11-28/h2-5,14,16H,6-13,15H2,1H3,(H,25,26,27). The summed E-state index contributed by atoms with van der Waals surface area (Å²) in [5.41, 5.74) is 1.01. The Balaban J connectivity index is 1.34. The van der Waals surface area contributed by atoms with E-state index in [1.807, 2.05) is 12.1 Å². The number of aromatic nitrogens is 2. The van der Waals surface area contributed by atoms with Gasteiger partial charge in [0.2, 0.25) is 11.8 Å². The maximum atomic E-state index is 14.0. The van der Waals surface area contributed by atoms with E-state index >= 15 is 0 Å². The lowest BCUT2D eigenvalue weighted by Crippen LogP contribution is -2.36. The molecule has 0 amide bonds. The fourth-order valence-electron chi connectivity index (χ4n) is 3.86. The summed E-state index contributed by atoms with van der Waals surface area (Å²) < 4.78 is 25.2. The number of benzene rings is 1. The number of morpholine rings is 1. The third-order valence-electron chi connectivity index (χ3n) is 5.82. The van der Waals surface area contributed by atoms with Crippen molar-refractivity contribution in [3.63, 3.8) is 0 Å². The molecule has 2 aromatic rings. The Morgan fingerprint density at radius 3 is 2.63 bits per heavy atom. The summed E-state index contributed by atoms with van der Waals surface area (Å²) in [6.45, 7) is 5.49. The molecule has 1 aromatic heterocycles. The molecule has 6 nitrogen and oxygen atoms in total. The van der Waals surface area contributed by atoms with E-state index in [0.29, 0.717) is 42.2 Å². The third kappa shape index (κ3) is 5.52. The van der Waals surface area contributed by atoms with Gasteiger partial charge in [-0.3, -0.25) is 0 Å². The smallest absolute Gasteiger partial charge is 0.237 e.